The molecule has 0 spiro atoms. The van der Waals surface area contributed by atoms with Crippen molar-refractivity contribution in [3.63, 3.8) is 0 Å². The van der Waals surface area contributed by atoms with Crippen molar-refractivity contribution in [1.82, 2.24) is 10.6 Å². The number of nitrogens with one attached hydrogen (secondary N) is 2. The van der Waals surface area contributed by atoms with E-state index in [9.17, 15) is 9.59 Å². The topological polar surface area (TPSA) is 58.2 Å². The van der Waals surface area contributed by atoms with Crippen LogP contribution < -0.4 is 10.6 Å². The van der Waals surface area contributed by atoms with Gasteiger partial charge in [-0.2, -0.15) is 0 Å². The summed E-state index contributed by atoms with van der Waals surface area (Å²) in [7, 11) is 0. The zero-order valence-electron chi connectivity index (χ0n) is 10.4. The van der Waals surface area contributed by atoms with Gasteiger partial charge >= 0.3 is 0 Å². The number of carbonyl (C=O) groups excluding carboxylic acids is 2. The van der Waals surface area contributed by atoms with Crippen molar-refractivity contribution in [2.24, 2.45) is 5.41 Å². The van der Waals surface area contributed by atoms with E-state index >= 15 is 0 Å². The molecule has 0 heterocycles. The van der Waals surface area contributed by atoms with Gasteiger partial charge in [0, 0.05) is 17.5 Å². The van der Waals surface area contributed by atoms with E-state index in [0.717, 1.165) is 32.1 Å². The normalized spacial score (nSPS) is 25.9. The molecular weight excluding hydrogens is 204 g/mol. The van der Waals surface area contributed by atoms with Gasteiger partial charge in [0.1, 0.15) is 0 Å². The highest BCUT2D eigenvalue weighted by Crippen LogP contribution is 2.20. The highest BCUT2D eigenvalue weighted by molar-refractivity contribution is 5.81. The van der Waals surface area contributed by atoms with Crippen molar-refractivity contribution in [3.8, 4) is 0 Å². The third kappa shape index (κ3) is 3.51. The second-order valence-corrected chi connectivity index (χ2v) is 5.51. The maximum absolute atomic E-state index is 11.9. The van der Waals surface area contributed by atoms with Gasteiger partial charge in [0.05, 0.1) is 0 Å². The molecule has 0 aromatic carbocycles. The SMILES string of the molecule is CC(C)(C)C(=O)NC1CCCCC1NC=O. The summed E-state index contributed by atoms with van der Waals surface area (Å²) in [6.45, 7) is 5.69. The largest absolute Gasteiger partial charge is 0.354 e. The fourth-order valence-electron chi connectivity index (χ4n) is 1.98. The first kappa shape index (κ1) is 13.0. The molecule has 4 heteroatoms. The summed E-state index contributed by atoms with van der Waals surface area (Å²) in [6.07, 6.45) is 4.87. The maximum atomic E-state index is 11.9. The molecule has 1 aliphatic carbocycles. The molecule has 1 saturated carbocycles. The predicted molar refractivity (Wildman–Crippen MR) is 62.8 cm³/mol. The number of hydrogen-bond acceptors (Lipinski definition) is 2. The molecule has 2 N–H and O–H groups in total. The molecule has 4 nitrogen and oxygen atoms in total. The molecule has 2 amide bonds. The Morgan fingerprint density at radius 3 is 2.25 bits per heavy atom. The van der Waals surface area contributed by atoms with E-state index in [1.165, 1.54) is 0 Å². The van der Waals surface area contributed by atoms with Crippen LogP contribution in [0.3, 0.4) is 0 Å². The molecule has 0 radical (unpaired) electrons. The van der Waals surface area contributed by atoms with Gasteiger partial charge in [-0.15, -0.1) is 0 Å². The molecule has 0 aromatic rings. The smallest absolute Gasteiger partial charge is 0.225 e. The van der Waals surface area contributed by atoms with Crippen LogP contribution in [0.1, 0.15) is 46.5 Å². The zero-order valence-corrected chi connectivity index (χ0v) is 10.4. The number of hydrogen-bond donors (Lipinski definition) is 2. The number of rotatable bonds is 3. The quantitative estimate of drug-likeness (QED) is 0.711. The van der Waals surface area contributed by atoms with E-state index < -0.39 is 0 Å². The van der Waals surface area contributed by atoms with E-state index in [-0.39, 0.29) is 23.4 Å². The Bertz CT molecular complexity index is 258. The van der Waals surface area contributed by atoms with Crippen molar-refractivity contribution in [2.45, 2.75) is 58.5 Å². The minimum absolute atomic E-state index is 0.0529. The standard InChI is InChI=1S/C12H22N2O2/c1-12(2,3)11(16)14-10-7-5-4-6-9(10)13-8-15/h8-10H,4-7H2,1-3H3,(H,13,15)(H,14,16). The van der Waals surface area contributed by atoms with E-state index in [0.29, 0.717) is 0 Å². The average molecular weight is 226 g/mol. The molecule has 92 valence electrons. The summed E-state index contributed by atoms with van der Waals surface area (Å²) in [6, 6.07) is 0.184. The van der Waals surface area contributed by atoms with Crippen LogP contribution in [-0.2, 0) is 9.59 Å². The van der Waals surface area contributed by atoms with Crippen LogP contribution in [0.25, 0.3) is 0 Å². The minimum atomic E-state index is -0.372. The van der Waals surface area contributed by atoms with Gasteiger partial charge in [-0.1, -0.05) is 33.6 Å². The van der Waals surface area contributed by atoms with Gasteiger partial charge in [0.25, 0.3) is 0 Å². The molecular formula is C12H22N2O2. The second-order valence-electron chi connectivity index (χ2n) is 5.51. The van der Waals surface area contributed by atoms with Crippen molar-refractivity contribution < 1.29 is 9.59 Å². The lowest BCUT2D eigenvalue weighted by molar-refractivity contribution is -0.130. The molecule has 0 saturated heterocycles. The summed E-state index contributed by atoms with van der Waals surface area (Å²) in [5.74, 6) is 0.0529. The summed E-state index contributed by atoms with van der Waals surface area (Å²) >= 11 is 0. The third-order valence-corrected chi connectivity index (χ3v) is 3.05. The molecule has 1 aliphatic rings. The number of carbonyl (C=O) groups is 2. The Morgan fingerprint density at radius 1 is 1.19 bits per heavy atom. The van der Waals surface area contributed by atoms with E-state index in [1.807, 2.05) is 20.8 Å². The predicted octanol–water partition coefficient (Wildman–Crippen LogP) is 1.21. The van der Waals surface area contributed by atoms with Gasteiger partial charge in [-0.3, -0.25) is 9.59 Å². The second kappa shape index (κ2) is 5.32. The molecule has 0 aliphatic heterocycles. The molecule has 2 atom stereocenters. The first-order valence-corrected chi connectivity index (χ1v) is 5.96. The fraction of sp³-hybridized carbons (Fsp3) is 0.833. The lowest BCUT2D eigenvalue weighted by Crippen LogP contribution is -2.53. The fourth-order valence-corrected chi connectivity index (χ4v) is 1.98. The first-order chi connectivity index (χ1) is 7.45. The van der Waals surface area contributed by atoms with Crippen LogP contribution >= 0.6 is 0 Å². The lowest BCUT2D eigenvalue weighted by Gasteiger charge is -2.33. The molecule has 2 unspecified atom stereocenters. The summed E-state index contributed by atoms with van der Waals surface area (Å²) < 4.78 is 0. The molecule has 1 rings (SSSR count). The van der Waals surface area contributed by atoms with Crippen LogP contribution in [0, 0.1) is 5.41 Å². The average Bonchev–Trinajstić information content (AvgIpc) is 2.20. The van der Waals surface area contributed by atoms with E-state index in [1.54, 1.807) is 0 Å². The summed E-state index contributed by atoms with van der Waals surface area (Å²) in [5.41, 5.74) is -0.372. The third-order valence-electron chi connectivity index (χ3n) is 3.05. The Labute approximate surface area is 97.2 Å². The van der Waals surface area contributed by atoms with Gasteiger partial charge in [0.15, 0.2) is 0 Å². The zero-order chi connectivity index (χ0) is 12.2. The van der Waals surface area contributed by atoms with Crippen LogP contribution in [0.5, 0.6) is 0 Å². The highest BCUT2D eigenvalue weighted by atomic mass is 16.2. The summed E-state index contributed by atoms with van der Waals surface area (Å²) in [5, 5.41) is 5.83. The molecule has 0 bridgehead atoms. The van der Waals surface area contributed by atoms with Gasteiger partial charge in [-0.05, 0) is 12.8 Å². The Balaban J connectivity index is 2.55. The Morgan fingerprint density at radius 2 is 1.75 bits per heavy atom. The lowest BCUT2D eigenvalue weighted by atomic mass is 9.88. The van der Waals surface area contributed by atoms with Gasteiger partial charge < -0.3 is 10.6 Å². The maximum Gasteiger partial charge on any atom is 0.225 e. The van der Waals surface area contributed by atoms with E-state index in [4.69, 9.17) is 0 Å². The Hall–Kier alpha value is -1.06. The van der Waals surface area contributed by atoms with Crippen LogP contribution in [0.15, 0.2) is 0 Å². The molecule has 1 fully saturated rings. The minimum Gasteiger partial charge on any atom is -0.354 e. The summed E-state index contributed by atoms with van der Waals surface area (Å²) in [4.78, 5) is 22.3. The number of amides is 2. The van der Waals surface area contributed by atoms with Crippen LogP contribution in [0.2, 0.25) is 0 Å². The highest BCUT2D eigenvalue weighted by Gasteiger charge is 2.29. The monoisotopic (exact) mass is 226 g/mol. The van der Waals surface area contributed by atoms with Gasteiger partial charge in [0.2, 0.25) is 12.3 Å². The van der Waals surface area contributed by atoms with Crippen molar-refractivity contribution in [3.05, 3.63) is 0 Å². The molecule has 16 heavy (non-hydrogen) atoms. The Kier molecular flexibility index (Phi) is 4.33. The first-order valence-electron chi connectivity index (χ1n) is 5.96. The van der Waals surface area contributed by atoms with Crippen LogP contribution in [0.4, 0.5) is 0 Å². The molecule has 0 aromatic heterocycles. The van der Waals surface area contributed by atoms with Crippen molar-refractivity contribution >= 4 is 12.3 Å². The van der Waals surface area contributed by atoms with Crippen LogP contribution in [-0.4, -0.2) is 24.4 Å². The van der Waals surface area contributed by atoms with Gasteiger partial charge in [-0.25, -0.2) is 0 Å². The van der Waals surface area contributed by atoms with Crippen molar-refractivity contribution in [1.29, 1.82) is 0 Å². The van der Waals surface area contributed by atoms with E-state index in [2.05, 4.69) is 10.6 Å². The van der Waals surface area contributed by atoms with Crippen molar-refractivity contribution in [2.75, 3.05) is 0 Å².